The van der Waals surface area contributed by atoms with Crippen LogP contribution >= 0.6 is 0 Å². The van der Waals surface area contributed by atoms with Crippen LogP contribution in [-0.2, 0) is 0 Å². The summed E-state index contributed by atoms with van der Waals surface area (Å²) >= 11 is 0. The van der Waals surface area contributed by atoms with Crippen molar-refractivity contribution in [2.75, 3.05) is 7.05 Å². The smallest absolute Gasteiger partial charge is 0.467 e. The Morgan fingerprint density at radius 1 is 1.52 bits per heavy atom. The Bertz CT molecular complexity index is 652. The maximum Gasteiger partial charge on any atom is 1.00 e. The molecule has 104 valence electrons. The van der Waals surface area contributed by atoms with Crippen molar-refractivity contribution in [3.05, 3.63) is 28.3 Å². The normalized spacial score (nSPS) is 11.2. The molecular formula is C10H12KN9O. The summed E-state index contributed by atoms with van der Waals surface area (Å²) in [6.07, 6.45) is 1.03. The molecule has 0 spiro atoms. The van der Waals surface area contributed by atoms with E-state index in [4.69, 9.17) is 27.9 Å². The minimum Gasteiger partial charge on any atom is -0.467 e. The van der Waals surface area contributed by atoms with E-state index in [0.29, 0.717) is 0 Å². The predicted octanol–water partition coefficient (Wildman–Crippen LogP) is -3.80. The standard InChI is InChI=1S/C10H13N9O.K/c1-16-9-6(8(14)15)7(18-19-9)10(20)17-5(13)2-4(12)3-11;/h2H,1H3,(H9,12,13,14,15,16,17,18,19,20);/q;+1/p-1. The van der Waals surface area contributed by atoms with Crippen molar-refractivity contribution in [2.45, 2.75) is 0 Å². The Balaban J connectivity index is 0.00000400. The minimum absolute atomic E-state index is 0. The molecule has 1 amide bonds. The molecule has 1 rings (SSSR count). The summed E-state index contributed by atoms with van der Waals surface area (Å²) < 4.78 is 0. The SMILES string of the molecule is C[N-]c1[nH]nc(C(=O)N=C(N)/C=C(\N)C#N)c1C(=N)N.[K+]. The minimum atomic E-state index is -0.833. The first-order chi connectivity index (χ1) is 9.40. The number of carbonyl (C=O) groups excluding carboxylic acids is 1. The molecule has 10 nitrogen and oxygen atoms in total. The molecule has 0 saturated carbocycles. The number of allylic oxidation sites excluding steroid dienone is 1. The fourth-order valence-electron chi connectivity index (χ4n) is 1.30. The third-order valence-electron chi connectivity index (χ3n) is 2.11. The number of nitrogens with one attached hydrogen (secondary N) is 2. The van der Waals surface area contributed by atoms with Crippen molar-refractivity contribution in [3.8, 4) is 6.07 Å². The van der Waals surface area contributed by atoms with Gasteiger partial charge in [0.05, 0.1) is 0 Å². The number of nitrogens with zero attached hydrogens (tertiary/aromatic N) is 4. The Hall–Kier alpha value is -1.71. The molecule has 0 saturated heterocycles. The van der Waals surface area contributed by atoms with Gasteiger partial charge in [-0.15, -0.1) is 0 Å². The molecule has 8 N–H and O–H groups in total. The number of H-pyrrole nitrogens is 1. The van der Waals surface area contributed by atoms with Gasteiger partial charge in [-0.1, -0.05) is 7.05 Å². The monoisotopic (exact) mass is 313 g/mol. The third kappa shape index (κ3) is 4.96. The van der Waals surface area contributed by atoms with Gasteiger partial charge in [-0.2, -0.15) is 10.3 Å². The molecule has 11 heteroatoms. The third-order valence-corrected chi connectivity index (χ3v) is 2.11. The molecular weight excluding hydrogens is 301 g/mol. The van der Waals surface area contributed by atoms with Crippen LogP contribution in [0.1, 0.15) is 16.1 Å². The van der Waals surface area contributed by atoms with Crippen molar-refractivity contribution < 1.29 is 56.2 Å². The van der Waals surface area contributed by atoms with Crippen LogP contribution in [0.5, 0.6) is 0 Å². The first kappa shape index (κ1) is 19.3. The van der Waals surface area contributed by atoms with E-state index in [1.165, 1.54) is 7.05 Å². The zero-order valence-electron chi connectivity index (χ0n) is 11.5. The Kier molecular flexibility index (Phi) is 7.85. The van der Waals surface area contributed by atoms with Gasteiger partial charge in [-0.05, 0) is 5.82 Å². The van der Waals surface area contributed by atoms with Crippen molar-refractivity contribution >= 4 is 23.4 Å². The Labute approximate surface area is 162 Å². The molecule has 21 heavy (non-hydrogen) atoms. The van der Waals surface area contributed by atoms with Crippen LogP contribution in [-0.4, -0.2) is 34.8 Å². The summed E-state index contributed by atoms with van der Waals surface area (Å²) in [5.41, 5.74) is 15.7. The van der Waals surface area contributed by atoms with Crippen LogP contribution in [0.3, 0.4) is 0 Å². The quantitative estimate of drug-likeness (QED) is 0.163. The number of nitrogens with two attached hydrogens (primary N) is 3. The van der Waals surface area contributed by atoms with E-state index in [2.05, 4.69) is 20.5 Å². The summed E-state index contributed by atoms with van der Waals surface area (Å²) in [5, 5.41) is 25.8. The molecule has 0 aromatic carbocycles. The number of aliphatic imine (C=N–C) groups is 1. The van der Waals surface area contributed by atoms with E-state index in [-0.39, 0.29) is 85.8 Å². The van der Waals surface area contributed by atoms with Crippen molar-refractivity contribution in [3.63, 3.8) is 0 Å². The number of aromatic amines is 1. The average Bonchev–Trinajstić information content (AvgIpc) is 2.82. The van der Waals surface area contributed by atoms with Crippen LogP contribution in [0, 0.1) is 16.7 Å². The number of aromatic nitrogens is 2. The van der Waals surface area contributed by atoms with E-state index in [0.717, 1.165) is 6.08 Å². The molecule has 1 aromatic heterocycles. The second-order valence-corrected chi connectivity index (χ2v) is 3.49. The number of nitrogen functional groups attached to an aromatic ring is 1. The largest absolute Gasteiger partial charge is 1.00 e. The van der Waals surface area contributed by atoms with Gasteiger partial charge in [-0.3, -0.25) is 15.3 Å². The molecule has 1 aromatic rings. The molecule has 0 fully saturated rings. The van der Waals surface area contributed by atoms with Gasteiger partial charge < -0.3 is 27.6 Å². The first-order valence-corrected chi connectivity index (χ1v) is 5.19. The molecule has 1 heterocycles. The molecule has 0 aliphatic rings. The summed E-state index contributed by atoms with van der Waals surface area (Å²) in [4.78, 5) is 15.4. The number of amides is 1. The Morgan fingerprint density at radius 3 is 2.62 bits per heavy atom. The van der Waals surface area contributed by atoms with Gasteiger partial charge >= 0.3 is 51.4 Å². The zero-order chi connectivity index (χ0) is 15.3. The van der Waals surface area contributed by atoms with Gasteiger partial charge in [-0.25, -0.2) is 0 Å². The Morgan fingerprint density at radius 2 is 2.14 bits per heavy atom. The van der Waals surface area contributed by atoms with E-state index in [1.54, 1.807) is 6.07 Å². The van der Waals surface area contributed by atoms with Gasteiger partial charge in [0.15, 0.2) is 0 Å². The summed E-state index contributed by atoms with van der Waals surface area (Å²) in [7, 11) is 1.45. The second kappa shape index (κ2) is 8.55. The number of nitriles is 1. The second-order valence-electron chi connectivity index (χ2n) is 3.49. The van der Waals surface area contributed by atoms with Crippen LogP contribution in [0.2, 0.25) is 0 Å². The first-order valence-electron chi connectivity index (χ1n) is 5.19. The van der Waals surface area contributed by atoms with Gasteiger partial charge in [0, 0.05) is 11.6 Å². The number of hydrogen-bond donors (Lipinski definition) is 5. The van der Waals surface area contributed by atoms with Crippen molar-refractivity contribution in [2.24, 2.45) is 22.2 Å². The van der Waals surface area contributed by atoms with E-state index >= 15 is 0 Å². The molecule has 0 aliphatic carbocycles. The fraction of sp³-hybridized carbons (Fsp3) is 0.100. The van der Waals surface area contributed by atoms with E-state index < -0.39 is 5.91 Å². The number of rotatable bonds is 4. The number of hydrogen-bond acceptors (Lipinski definition) is 5. The van der Waals surface area contributed by atoms with E-state index in [1.807, 2.05) is 0 Å². The molecule has 0 unspecified atom stereocenters. The average molecular weight is 313 g/mol. The molecule has 0 bridgehead atoms. The number of carbonyl (C=O) groups is 1. The fourth-order valence-corrected chi connectivity index (χ4v) is 1.30. The van der Waals surface area contributed by atoms with Crippen molar-refractivity contribution in [1.82, 2.24) is 10.2 Å². The topological polar surface area (TPSA) is 198 Å². The maximum atomic E-state index is 11.9. The molecule has 0 radical (unpaired) electrons. The summed E-state index contributed by atoms with van der Waals surface area (Å²) in [5.74, 6) is -1.30. The van der Waals surface area contributed by atoms with Crippen LogP contribution in [0.25, 0.3) is 5.32 Å². The number of amidine groups is 2. The zero-order valence-corrected chi connectivity index (χ0v) is 14.6. The van der Waals surface area contributed by atoms with Gasteiger partial charge in [0.2, 0.25) is 0 Å². The molecule has 0 atom stereocenters. The van der Waals surface area contributed by atoms with Gasteiger partial charge in [0.1, 0.15) is 29.1 Å². The van der Waals surface area contributed by atoms with Crippen molar-refractivity contribution in [1.29, 1.82) is 10.7 Å². The summed E-state index contributed by atoms with van der Waals surface area (Å²) in [6, 6.07) is 1.63. The predicted molar refractivity (Wildman–Crippen MR) is 72.4 cm³/mol. The van der Waals surface area contributed by atoms with Crippen LogP contribution in [0.4, 0.5) is 5.82 Å². The van der Waals surface area contributed by atoms with Crippen LogP contribution < -0.4 is 68.6 Å². The van der Waals surface area contributed by atoms with Crippen LogP contribution in [0.15, 0.2) is 16.8 Å². The molecule has 0 aliphatic heterocycles. The van der Waals surface area contributed by atoms with E-state index in [9.17, 15) is 4.79 Å². The summed E-state index contributed by atoms with van der Waals surface area (Å²) in [6.45, 7) is 0. The van der Waals surface area contributed by atoms with Gasteiger partial charge in [0.25, 0.3) is 5.91 Å². The maximum absolute atomic E-state index is 11.9.